The van der Waals surface area contributed by atoms with Crippen molar-refractivity contribution in [2.24, 2.45) is 0 Å². The van der Waals surface area contributed by atoms with Gasteiger partial charge < -0.3 is 15.5 Å². The Morgan fingerprint density at radius 3 is 2.25 bits per heavy atom. The SMILES string of the molecule is O=C(O)N[C@H](CO)CC(F)(F)F. The molecule has 12 heavy (non-hydrogen) atoms. The largest absolute Gasteiger partial charge is 0.465 e. The van der Waals surface area contributed by atoms with Gasteiger partial charge in [0.2, 0.25) is 0 Å². The van der Waals surface area contributed by atoms with Crippen LogP contribution in [0, 0.1) is 0 Å². The van der Waals surface area contributed by atoms with E-state index in [1.54, 1.807) is 0 Å². The molecule has 0 aromatic carbocycles. The predicted molar refractivity (Wildman–Crippen MR) is 32.7 cm³/mol. The zero-order valence-electron chi connectivity index (χ0n) is 5.93. The zero-order valence-corrected chi connectivity index (χ0v) is 5.93. The fourth-order valence-corrected chi connectivity index (χ4v) is 0.615. The van der Waals surface area contributed by atoms with Crippen LogP contribution >= 0.6 is 0 Å². The number of hydrogen-bond donors (Lipinski definition) is 3. The Balaban J connectivity index is 3.92. The molecule has 3 N–H and O–H groups in total. The standard InChI is InChI=1S/C5H8F3NO3/c6-5(7,8)1-3(2-10)9-4(11)12/h3,9-10H,1-2H2,(H,11,12)/t3-/m0/s1. The maximum Gasteiger partial charge on any atom is 0.404 e. The molecule has 72 valence electrons. The number of amides is 1. The Morgan fingerprint density at radius 2 is 2.00 bits per heavy atom. The van der Waals surface area contributed by atoms with Crippen LogP contribution < -0.4 is 5.32 Å². The van der Waals surface area contributed by atoms with Gasteiger partial charge in [0.15, 0.2) is 0 Å². The van der Waals surface area contributed by atoms with Gasteiger partial charge in [0.25, 0.3) is 0 Å². The summed E-state index contributed by atoms with van der Waals surface area (Å²) in [5, 5.41) is 17.9. The second-order valence-corrected chi connectivity index (χ2v) is 2.15. The van der Waals surface area contributed by atoms with Crippen molar-refractivity contribution in [1.29, 1.82) is 0 Å². The van der Waals surface area contributed by atoms with E-state index in [4.69, 9.17) is 10.2 Å². The van der Waals surface area contributed by atoms with Crippen LogP contribution in [0.1, 0.15) is 6.42 Å². The first-order valence-corrected chi connectivity index (χ1v) is 3.02. The summed E-state index contributed by atoms with van der Waals surface area (Å²) >= 11 is 0. The molecule has 0 aliphatic carbocycles. The molecule has 0 aromatic heterocycles. The molecule has 1 atom stereocenters. The van der Waals surface area contributed by atoms with Gasteiger partial charge in [0.1, 0.15) is 0 Å². The van der Waals surface area contributed by atoms with Crippen molar-refractivity contribution in [2.75, 3.05) is 6.61 Å². The minimum atomic E-state index is -4.48. The fraction of sp³-hybridized carbons (Fsp3) is 0.800. The highest BCUT2D eigenvalue weighted by Gasteiger charge is 2.32. The van der Waals surface area contributed by atoms with Crippen molar-refractivity contribution in [2.45, 2.75) is 18.6 Å². The molecule has 4 nitrogen and oxygen atoms in total. The molecule has 0 bridgehead atoms. The van der Waals surface area contributed by atoms with E-state index in [-0.39, 0.29) is 0 Å². The molecule has 1 amide bonds. The molecular formula is C5H8F3NO3. The molecule has 0 spiro atoms. The van der Waals surface area contributed by atoms with Crippen molar-refractivity contribution in [1.82, 2.24) is 5.32 Å². The minimum Gasteiger partial charge on any atom is -0.465 e. The van der Waals surface area contributed by atoms with E-state index in [9.17, 15) is 18.0 Å². The van der Waals surface area contributed by atoms with E-state index in [0.717, 1.165) is 0 Å². The number of carboxylic acid groups (broad SMARTS) is 1. The van der Waals surface area contributed by atoms with Crippen molar-refractivity contribution in [3.63, 3.8) is 0 Å². The number of hydrogen-bond acceptors (Lipinski definition) is 2. The Morgan fingerprint density at radius 1 is 1.50 bits per heavy atom. The molecule has 0 unspecified atom stereocenters. The summed E-state index contributed by atoms with van der Waals surface area (Å²) in [6.45, 7) is -0.869. The van der Waals surface area contributed by atoms with E-state index in [1.165, 1.54) is 5.32 Å². The number of halogens is 3. The fourth-order valence-electron chi connectivity index (χ4n) is 0.615. The van der Waals surface area contributed by atoms with Gasteiger partial charge >= 0.3 is 12.3 Å². The summed E-state index contributed by atoms with van der Waals surface area (Å²) in [7, 11) is 0. The van der Waals surface area contributed by atoms with Gasteiger partial charge in [-0.3, -0.25) is 0 Å². The third-order valence-corrected chi connectivity index (χ3v) is 1.03. The highest BCUT2D eigenvalue weighted by atomic mass is 19.4. The number of alkyl halides is 3. The van der Waals surface area contributed by atoms with Gasteiger partial charge in [-0.05, 0) is 0 Å². The average Bonchev–Trinajstić information content (AvgIpc) is 1.82. The van der Waals surface area contributed by atoms with Crippen molar-refractivity contribution >= 4 is 6.09 Å². The van der Waals surface area contributed by atoms with Gasteiger partial charge in [0, 0.05) is 0 Å². The second kappa shape index (κ2) is 4.15. The summed E-state index contributed by atoms with van der Waals surface area (Å²) in [5.41, 5.74) is 0. The van der Waals surface area contributed by atoms with E-state index in [1.807, 2.05) is 0 Å². The van der Waals surface area contributed by atoms with E-state index >= 15 is 0 Å². The van der Waals surface area contributed by atoms with Crippen molar-refractivity contribution in [3.8, 4) is 0 Å². The summed E-state index contributed by atoms with van der Waals surface area (Å²) in [6, 6.07) is -1.48. The Kier molecular flexibility index (Phi) is 3.81. The monoisotopic (exact) mass is 187 g/mol. The molecular weight excluding hydrogens is 179 g/mol. The van der Waals surface area contributed by atoms with E-state index in [0.29, 0.717) is 0 Å². The maximum atomic E-state index is 11.6. The minimum absolute atomic E-state index is 0.869. The molecule has 0 rings (SSSR count). The van der Waals surface area contributed by atoms with E-state index < -0.39 is 31.3 Å². The van der Waals surface area contributed by atoms with Crippen molar-refractivity contribution < 1.29 is 28.2 Å². The van der Waals surface area contributed by atoms with Crippen LogP contribution in [0.2, 0.25) is 0 Å². The molecule has 0 fully saturated rings. The van der Waals surface area contributed by atoms with E-state index in [2.05, 4.69) is 0 Å². The lowest BCUT2D eigenvalue weighted by molar-refractivity contribution is -0.141. The molecule has 0 aliphatic rings. The van der Waals surface area contributed by atoms with Crippen LogP contribution in [0.15, 0.2) is 0 Å². The first kappa shape index (κ1) is 11.0. The summed E-state index contributed by atoms with van der Waals surface area (Å²) in [5.74, 6) is 0. The maximum absolute atomic E-state index is 11.6. The molecule has 0 aliphatic heterocycles. The normalized spacial score (nSPS) is 14.0. The van der Waals surface area contributed by atoms with Crippen molar-refractivity contribution in [3.05, 3.63) is 0 Å². The Hall–Kier alpha value is -0.980. The quantitative estimate of drug-likeness (QED) is 0.604. The first-order chi connectivity index (χ1) is 5.35. The van der Waals surface area contributed by atoms with Gasteiger partial charge in [-0.2, -0.15) is 13.2 Å². The van der Waals surface area contributed by atoms with Crippen LogP contribution in [0.25, 0.3) is 0 Å². The van der Waals surface area contributed by atoms with Gasteiger partial charge in [-0.15, -0.1) is 0 Å². The zero-order chi connectivity index (χ0) is 9.78. The average molecular weight is 187 g/mol. The molecule has 7 heteroatoms. The summed E-state index contributed by atoms with van der Waals surface area (Å²) in [6.07, 6.45) is -7.43. The second-order valence-electron chi connectivity index (χ2n) is 2.15. The van der Waals surface area contributed by atoms with Gasteiger partial charge in [-0.25, -0.2) is 4.79 Å². The number of aliphatic hydroxyl groups excluding tert-OH is 1. The third-order valence-electron chi connectivity index (χ3n) is 1.03. The molecule has 0 heterocycles. The van der Waals surface area contributed by atoms with Crippen LogP contribution in [0.3, 0.4) is 0 Å². The molecule has 0 saturated carbocycles. The number of nitrogens with one attached hydrogen (secondary N) is 1. The molecule has 0 saturated heterocycles. The molecule has 0 radical (unpaired) electrons. The van der Waals surface area contributed by atoms with Gasteiger partial charge in [-0.1, -0.05) is 0 Å². The first-order valence-electron chi connectivity index (χ1n) is 3.02. The third kappa shape index (κ3) is 5.78. The topological polar surface area (TPSA) is 69.6 Å². The highest BCUT2D eigenvalue weighted by Crippen LogP contribution is 2.21. The number of aliphatic hydroxyl groups is 1. The van der Waals surface area contributed by atoms with Crippen LogP contribution in [0.4, 0.5) is 18.0 Å². The Bertz CT molecular complexity index is 159. The number of rotatable bonds is 3. The summed E-state index contributed by atoms with van der Waals surface area (Å²) < 4.78 is 34.8. The lowest BCUT2D eigenvalue weighted by Crippen LogP contribution is -2.39. The number of carbonyl (C=O) groups is 1. The smallest absolute Gasteiger partial charge is 0.404 e. The lowest BCUT2D eigenvalue weighted by Gasteiger charge is -2.15. The van der Waals surface area contributed by atoms with Crippen LogP contribution in [-0.4, -0.2) is 35.1 Å². The summed E-state index contributed by atoms with van der Waals surface area (Å²) in [4.78, 5) is 9.86. The lowest BCUT2D eigenvalue weighted by atomic mass is 10.2. The van der Waals surface area contributed by atoms with Gasteiger partial charge in [0.05, 0.1) is 19.1 Å². The highest BCUT2D eigenvalue weighted by molar-refractivity contribution is 5.64. The predicted octanol–water partition coefficient (Wildman–Crippen LogP) is 0.567. The molecule has 0 aromatic rings. The Labute approximate surface area is 66.0 Å². The van der Waals surface area contributed by atoms with Crippen LogP contribution in [-0.2, 0) is 0 Å². The van der Waals surface area contributed by atoms with Crippen LogP contribution in [0.5, 0.6) is 0 Å².